The number of hydrogen-bond acceptors (Lipinski definition) is 7. The van der Waals surface area contributed by atoms with E-state index in [9.17, 15) is 13.2 Å². The molecule has 1 unspecified atom stereocenters. The average molecular weight is 499 g/mol. The molecule has 2 aromatic heterocycles. The normalized spacial score (nSPS) is 18.1. The van der Waals surface area contributed by atoms with Gasteiger partial charge in [0, 0.05) is 50.2 Å². The van der Waals surface area contributed by atoms with Crippen LogP contribution in [0.25, 0.3) is 11.4 Å². The molecule has 0 spiro atoms. The second kappa shape index (κ2) is 9.47. The number of carbonyl (C=O) groups is 1. The summed E-state index contributed by atoms with van der Waals surface area (Å²) in [6.45, 7) is 3.17. The van der Waals surface area contributed by atoms with Gasteiger partial charge in [0.25, 0.3) is 0 Å². The van der Waals surface area contributed by atoms with Crippen molar-refractivity contribution in [2.24, 2.45) is 0 Å². The van der Waals surface area contributed by atoms with Gasteiger partial charge < -0.3 is 4.90 Å². The lowest BCUT2D eigenvalue weighted by atomic mass is 10.3. The molecular weight excluding hydrogens is 472 g/mol. The highest BCUT2D eigenvalue weighted by molar-refractivity contribution is 8.00. The standard InChI is InChI=1S/C23H26N6O3S2/c1-17(33-23-26-25-21(29(23)19-9-10-19)18-6-5-11-24-16-18)22(30)27-12-14-28(15-13-27)34(31,32)20-7-3-2-4-8-20/h2-8,11,16-17,19H,9-10,12-15H2,1H3. The Morgan fingerprint density at radius 3 is 2.41 bits per heavy atom. The highest BCUT2D eigenvalue weighted by Gasteiger charge is 2.34. The second-order valence-electron chi connectivity index (χ2n) is 8.45. The lowest BCUT2D eigenvalue weighted by molar-refractivity contribution is -0.131. The van der Waals surface area contributed by atoms with Gasteiger partial charge in [-0.15, -0.1) is 10.2 Å². The van der Waals surface area contributed by atoms with Crippen LogP contribution in [0.5, 0.6) is 0 Å². The molecular formula is C23H26N6O3S2. The molecule has 0 bridgehead atoms. The number of pyridine rings is 1. The molecule has 1 saturated heterocycles. The molecule has 1 aliphatic carbocycles. The average Bonchev–Trinajstić information content (AvgIpc) is 3.64. The molecule has 0 radical (unpaired) electrons. The van der Waals surface area contributed by atoms with Crippen LogP contribution in [0.4, 0.5) is 0 Å². The number of aromatic nitrogens is 4. The first-order valence-electron chi connectivity index (χ1n) is 11.3. The Labute approximate surface area is 203 Å². The third kappa shape index (κ3) is 4.59. The van der Waals surface area contributed by atoms with Crippen molar-refractivity contribution in [3.05, 3.63) is 54.9 Å². The Hall–Kier alpha value is -2.76. The Bertz CT molecular complexity index is 1250. The fourth-order valence-electron chi connectivity index (χ4n) is 4.07. The number of benzene rings is 1. The molecule has 178 valence electrons. The van der Waals surface area contributed by atoms with Gasteiger partial charge in [-0.25, -0.2) is 8.42 Å². The minimum atomic E-state index is -3.55. The molecule has 34 heavy (non-hydrogen) atoms. The number of rotatable bonds is 7. The minimum absolute atomic E-state index is 0.0185. The van der Waals surface area contributed by atoms with E-state index >= 15 is 0 Å². The van der Waals surface area contributed by atoms with Gasteiger partial charge in [0.2, 0.25) is 15.9 Å². The van der Waals surface area contributed by atoms with Gasteiger partial charge in [-0.05, 0) is 44.0 Å². The lowest BCUT2D eigenvalue weighted by Gasteiger charge is -2.35. The predicted molar refractivity (Wildman–Crippen MR) is 129 cm³/mol. The summed E-state index contributed by atoms with van der Waals surface area (Å²) < 4.78 is 29.3. The van der Waals surface area contributed by atoms with Gasteiger partial charge in [-0.1, -0.05) is 30.0 Å². The third-order valence-corrected chi connectivity index (χ3v) is 9.01. The summed E-state index contributed by atoms with van der Waals surface area (Å²) in [5, 5.41) is 9.15. The molecule has 5 rings (SSSR count). The van der Waals surface area contributed by atoms with E-state index in [-0.39, 0.29) is 29.1 Å². The topological polar surface area (TPSA) is 101 Å². The lowest BCUT2D eigenvalue weighted by Crippen LogP contribution is -2.52. The van der Waals surface area contributed by atoms with Crippen molar-refractivity contribution in [3.8, 4) is 11.4 Å². The number of sulfonamides is 1. The summed E-state index contributed by atoms with van der Waals surface area (Å²) in [5.41, 5.74) is 0.906. The summed E-state index contributed by atoms with van der Waals surface area (Å²) in [5.74, 6) is 0.757. The summed E-state index contributed by atoms with van der Waals surface area (Å²) in [6.07, 6.45) is 5.63. The monoisotopic (exact) mass is 498 g/mol. The Balaban J connectivity index is 1.24. The molecule has 9 nitrogen and oxygen atoms in total. The molecule has 3 heterocycles. The second-order valence-corrected chi connectivity index (χ2v) is 11.7. The first-order chi connectivity index (χ1) is 16.4. The van der Waals surface area contributed by atoms with Gasteiger partial charge >= 0.3 is 0 Å². The van der Waals surface area contributed by atoms with Gasteiger partial charge in [0.1, 0.15) is 0 Å². The highest BCUT2D eigenvalue weighted by atomic mass is 32.2. The van der Waals surface area contributed by atoms with E-state index in [1.165, 1.54) is 16.1 Å². The number of amides is 1. The maximum atomic E-state index is 13.2. The first-order valence-corrected chi connectivity index (χ1v) is 13.6. The number of nitrogens with zero attached hydrogens (tertiary/aromatic N) is 6. The van der Waals surface area contributed by atoms with Crippen LogP contribution < -0.4 is 0 Å². The Morgan fingerprint density at radius 1 is 1.03 bits per heavy atom. The van der Waals surface area contributed by atoms with Gasteiger partial charge in [0.05, 0.1) is 10.1 Å². The van der Waals surface area contributed by atoms with Crippen molar-refractivity contribution in [3.63, 3.8) is 0 Å². The highest BCUT2D eigenvalue weighted by Crippen LogP contribution is 2.41. The van der Waals surface area contributed by atoms with E-state index < -0.39 is 10.0 Å². The Kier molecular flexibility index (Phi) is 6.41. The van der Waals surface area contributed by atoms with Crippen molar-refractivity contribution >= 4 is 27.7 Å². The van der Waals surface area contributed by atoms with Gasteiger partial charge in [-0.3, -0.25) is 14.3 Å². The Morgan fingerprint density at radius 2 is 1.76 bits per heavy atom. The maximum Gasteiger partial charge on any atom is 0.243 e. The summed E-state index contributed by atoms with van der Waals surface area (Å²) in [6, 6.07) is 12.6. The number of piperazine rings is 1. The zero-order valence-corrected chi connectivity index (χ0v) is 20.5. The summed E-state index contributed by atoms with van der Waals surface area (Å²) in [7, 11) is -3.55. The number of thioether (sulfide) groups is 1. The minimum Gasteiger partial charge on any atom is -0.339 e. The fraction of sp³-hybridized carbons (Fsp3) is 0.391. The van der Waals surface area contributed by atoms with Crippen molar-refractivity contribution < 1.29 is 13.2 Å². The molecule has 1 atom stereocenters. The van der Waals surface area contributed by atoms with E-state index in [4.69, 9.17) is 0 Å². The van der Waals surface area contributed by atoms with Crippen LogP contribution in [-0.4, -0.2) is 74.7 Å². The van der Waals surface area contributed by atoms with E-state index in [0.717, 1.165) is 29.4 Å². The van der Waals surface area contributed by atoms with Crippen molar-refractivity contribution in [2.45, 2.75) is 41.1 Å². The van der Waals surface area contributed by atoms with Crippen LogP contribution in [-0.2, 0) is 14.8 Å². The predicted octanol–water partition coefficient (Wildman–Crippen LogP) is 2.69. The molecule has 2 fully saturated rings. The molecule has 11 heteroatoms. The quantitative estimate of drug-likeness (QED) is 0.462. The molecule has 3 aromatic rings. The molecule has 2 aliphatic rings. The maximum absolute atomic E-state index is 13.2. The fourth-order valence-corrected chi connectivity index (χ4v) is 6.51. The number of hydrogen-bond donors (Lipinski definition) is 0. The first kappa shape index (κ1) is 23.0. The van der Waals surface area contributed by atoms with Crippen LogP contribution in [0.2, 0.25) is 0 Å². The summed E-state index contributed by atoms with van der Waals surface area (Å²) in [4.78, 5) is 19.4. The largest absolute Gasteiger partial charge is 0.339 e. The van der Waals surface area contributed by atoms with Crippen molar-refractivity contribution in [1.29, 1.82) is 0 Å². The van der Waals surface area contributed by atoms with Crippen LogP contribution in [0.1, 0.15) is 25.8 Å². The van der Waals surface area contributed by atoms with E-state index in [1.807, 2.05) is 19.1 Å². The smallest absolute Gasteiger partial charge is 0.243 e. The molecule has 1 aliphatic heterocycles. The molecule has 1 saturated carbocycles. The van der Waals surface area contributed by atoms with E-state index in [1.54, 1.807) is 47.6 Å². The van der Waals surface area contributed by atoms with E-state index in [2.05, 4.69) is 19.7 Å². The molecule has 1 amide bonds. The van der Waals surface area contributed by atoms with Gasteiger partial charge in [-0.2, -0.15) is 4.31 Å². The third-order valence-electron chi connectivity index (χ3n) is 6.06. The summed E-state index contributed by atoms with van der Waals surface area (Å²) >= 11 is 1.40. The van der Waals surface area contributed by atoms with Crippen molar-refractivity contribution in [2.75, 3.05) is 26.2 Å². The van der Waals surface area contributed by atoms with Crippen molar-refractivity contribution in [1.82, 2.24) is 29.0 Å². The van der Waals surface area contributed by atoms with Crippen LogP contribution >= 0.6 is 11.8 Å². The van der Waals surface area contributed by atoms with E-state index in [0.29, 0.717) is 19.1 Å². The van der Waals surface area contributed by atoms with Crippen LogP contribution in [0.3, 0.4) is 0 Å². The zero-order valence-electron chi connectivity index (χ0n) is 18.8. The molecule has 1 aromatic carbocycles. The molecule has 0 N–H and O–H groups in total. The number of carbonyl (C=O) groups excluding carboxylic acids is 1. The van der Waals surface area contributed by atoms with Crippen LogP contribution in [0, 0.1) is 0 Å². The van der Waals surface area contributed by atoms with Crippen LogP contribution in [0.15, 0.2) is 64.9 Å². The zero-order chi connectivity index (χ0) is 23.7. The SMILES string of the molecule is CC(Sc1nnc(-c2cccnc2)n1C1CC1)C(=O)N1CCN(S(=O)(=O)c2ccccc2)CC1. The van der Waals surface area contributed by atoms with Gasteiger partial charge in [0.15, 0.2) is 11.0 Å².